The van der Waals surface area contributed by atoms with E-state index in [1.54, 1.807) is 50.3 Å². The van der Waals surface area contributed by atoms with Crippen LogP contribution in [-0.4, -0.2) is 29.2 Å². The van der Waals surface area contributed by atoms with Crippen LogP contribution in [0.3, 0.4) is 0 Å². The number of thiazole rings is 1. The minimum Gasteiger partial charge on any atom is -0.497 e. The van der Waals surface area contributed by atoms with Crippen molar-refractivity contribution in [3.63, 3.8) is 0 Å². The van der Waals surface area contributed by atoms with Gasteiger partial charge in [-0.1, -0.05) is 35.6 Å². The Kier molecular flexibility index (Phi) is 6.42. The van der Waals surface area contributed by atoms with Crippen molar-refractivity contribution in [3.8, 4) is 5.75 Å². The van der Waals surface area contributed by atoms with E-state index < -0.39 is 16.9 Å². The lowest BCUT2D eigenvalue weighted by Gasteiger charge is -2.25. The minimum absolute atomic E-state index is 0.0729. The first-order valence-corrected chi connectivity index (χ1v) is 11.2. The number of aromatic nitrogens is 1. The molecule has 4 rings (SSSR count). The summed E-state index contributed by atoms with van der Waals surface area (Å²) in [4.78, 5) is 42.0. The molecule has 0 N–H and O–H groups in total. The highest BCUT2D eigenvalue weighted by Gasteiger charge is 2.33. The third-order valence-corrected chi connectivity index (χ3v) is 6.29. The normalized spacial score (nSPS) is 15.5. The molecule has 1 aromatic heterocycles. The number of hydrogen-bond donors (Lipinski definition) is 0. The first-order chi connectivity index (χ1) is 16.3. The first-order valence-electron chi connectivity index (χ1n) is 10.4. The van der Waals surface area contributed by atoms with E-state index in [1.165, 1.54) is 23.8 Å². The van der Waals surface area contributed by atoms with E-state index in [0.29, 0.717) is 31.9 Å². The molecule has 2 heterocycles. The highest BCUT2D eigenvalue weighted by Crippen LogP contribution is 2.32. The summed E-state index contributed by atoms with van der Waals surface area (Å²) >= 11 is 1.15. The smallest absolute Gasteiger partial charge is 0.338 e. The predicted octanol–water partition coefficient (Wildman–Crippen LogP) is 2.72. The molecule has 34 heavy (non-hydrogen) atoms. The lowest BCUT2D eigenvalue weighted by molar-refractivity contribution is -0.384. The van der Waals surface area contributed by atoms with Crippen LogP contribution in [0.4, 0.5) is 5.69 Å². The van der Waals surface area contributed by atoms with Gasteiger partial charge in [0.2, 0.25) is 0 Å². The zero-order chi connectivity index (χ0) is 24.4. The van der Waals surface area contributed by atoms with Gasteiger partial charge in [0.05, 0.1) is 40.5 Å². The van der Waals surface area contributed by atoms with Crippen molar-refractivity contribution >= 4 is 29.1 Å². The number of esters is 1. The second-order valence-corrected chi connectivity index (χ2v) is 8.44. The minimum atomic E-state index is -0.766. The molecule has 1 aliphatic rings. The Morgan fingerprint density at radius 2 is 2.03 bits per heavy atom. The van der Waals surface area contributed by atoms with Gasteiger partial charge in [-0.05, 0) is 43.2 Å². The molecule has 0 aliphatic carbocycles. The molecular formula is C24H21N3O6S. The van der Waals surface area contributed by atoms with Crippen molar-refractivity contribution in [1.29, 1.82) is 0 Å². The number of allylic oxidation sites excluding steroid dienone is 1. The summed E-state index contributed by atoms with van der Waals surface area (Å²) in [6.45, 7) is 3.59. The molecule has 9 nitrogen and oxygen atoms in total. The standard InChI is InChI=1S/C24H21N3O6S/c1-4-33-23(29)20-14(2)25-24-26(21(20)16-8-6-10-18(13-16)32-3)22(28)19(34-24)12-15-7-5-9-17(11-15)27(30)31/h5-13,21H,4H2,1-3H3/b19-12-/t21-/m1/s1. The molecule has 0 saturated heterocycles. The van der Waals surface area contributed by atoms with E-state index in [1.807, 2.05) is 6.07 Å². The molecule has 174 valence electrons. The second kappa shape index (κ2) is 9.44. The Balaban J connectivity index is 1.95. The van der Waals surface area contributed by atoms with E-state index in [-0.39, 0.29) is 23.4 Å². The zero-order valence-electron chi connectivity index (χ0n) is 18.7. The molecule has 1 atom stereocenters. The number of non-ortho nitro benzene ring substituents is 1. The molecule has 0 radical (unpaired) electrons. The Bertz CT molecular complexity index is 1500. The van der Waals surface area contributed by atoms with Crippen LogP contribution in [0.1, 0.15) is 31.0 Å². The van der Waals surface area contributed by atoms with E-state index in [9.17, 15) is 19.7 Å². The van der Waals surface area contributed by atoms with Gasteiger partial charge in [-0.3, -0.25) is 19.5 Å². The van der Waals surface area contributed by atoms with E-state index >= 15 is 0 Å². The number of nitrogens with zero attached hydrogens (tertiary/aromatic N) is 3. The van der Waals surface area contributed by atoms with Crippen molar-refractivity contribution in [3.05, 3.63) is 101 Å². The van der Waals surface area contributed by atoms with Crippen LogP contribution in [-0.2, 0) is 9.53 Å². The van der Waals surface area contributed by atoms with Crippen LogP contribution in [0.2, 0.25) is 0 Å². The SMILES string of the molecule is CCOC(=O)C1=C(C)N=c2s/c(=C\c3cccc([N+](=O)[O-])c3)c(=O)n2[C@@H]1c1cccc(OC)c1. The number of nitro benzene ring substituents is 1. The third-order valence-electron chi connectivity index (χ3n) is 5.31. The van der Waals surface area contributed by atoms with Crippen LogP contribution in [0.15, 0.2) is 69.6 Å². The van der Waals surface area contributed by atoms with Crippen molar-refractivity contribution in [2.75, 3.05) is 13.7 Å². The van der Waals surface area contributed by atoms with Gasteiger partial charge in [-0.2, -0.15) is 0 Å². The van der Waals surface area contributed by atoms with Crippen LogP contribution < -0.4 is 19.6 Å². The van der Waals surface area contributed by atoms with Crippen molar-refractivity contribution in [2.45, 2.75) is 19.9 Å². The van der Waals surface area contributed by atoms with E-state index in [2.05, 4.69) is 4.99 Å². The molecule has 3 aromatic rings. The largest absolute Gasteiger partial charge is 0.497 e. The van der Waals surface area contributed by atoms with Crippen LogP contribution >= 0.6 is 11.3 Å². The van der Waals surface area contributed by atoms with Crippen molar-refractivity contribution < 1.29 is 19.2 Å². The predicted molar refractivity (Wildman–Crippen MR) is 126 cm³/mol. The van der Waals surface area contributed by atoms with Gasteiger partial charge < -0.3 is 9.47 Å². The molecule has 1 aliphatic heterocycles. The Hall–Kier alpha value is -4.05. The van der Waals surface area contributed by atoms with Crippen molar-refractivity contribution in [2.24, 2.45) is 4.99 Å². The number of benzene rings is 2. The van der Waals surface area contributed by atoms with Gasteiger partial charge in [0.1, 0.15) is 5.75 Å². The molecule has 0 amide bonds. The molecule has 0 spiro atoms. The average molecular weight is 480 g/mol. The number of carbonyl (C=O) groups is 1. The number of nitro groups is 1. The molecule has 10 heteroatoms. The van der Waals surface area contributed by atoms with Gasteiger partial charge in [0.25, 0.3) is 11.2 Å². The lowest BCUT2D eigenvalue weighted by atomic mass is 9.95. The van der Waals surface area contributed by atoms with Crippen LogP contribution in [0.25, 0.3) is 6.08 Å². The molecular weight excluding hydrogens is 458 g/mol. The third kappa shape index (κ3) is 4.27. The fourth-order valence-corrected chi connectivity index (χ4v) is 4.84. The molecule has 0 bridgehead atoms. The Morgan fingerprint density at radius 1 is 1.26 bits per heavy atom. The van der Waals surface area contributed by atoms with Gasteiger partial charge in [-0.15, -0.1) is 0 Å². The number of rotatable bonds is 6. The number of fused-ring (bicyclic) bond motifs is 1. The summed E-state index contributed by atoms with van der Waals surface area (Å²) in [5.41, 5.74) is 1.46. The summed E-state index contributed by atoms with van der Waals surface area (Å²) in [5, 5.41) is 11.1. The summed E-state index contributed by atoms with van der Waals surface area (Å²) in [5.74, 6) is 0.0265. The second-order valence-electron chi connectivity index (χ2n) is 7.43. The maximum Gasteiger partial charge on any atom is 0.338 e. The van der Waals surface area contributed by atoms with Gasteiger partial charge in [0.15, 0.2) is 4.80 Å². The number of hydrogen-bond acceptors (Lipinski definition) is 8. The maximum atomic E-state index is 13.5. The number of ether oxygens (including phenoxy) is 2. The number of methoxy groups -OCH3 is 1. The highest BCUT2D eigenvalue weighted by molar-refractivity contribution is 7.07. The lowest BCUT2D eigenvalue weighted by Crippen LogP contribution is -2.39. The van der Waals surface area contributed by atoms with E-state index in [4.69, 9.17) is 9.47 Å². The monoisotopic (exact) mass is 479 g/mol. The quantitative estimate of drug-likeness (QED) is 0.305. The summed E-state index contributed by atoms with van der Waals surface area (Å²) in [6, 6.07) is 12.4. The topological polar surface area (TPSA) is 113 Å². The Labute approximate surface area is 198 Å². The Morgan fingerprint density at radius 3 is 2.74 bits per heavy atom. The fraction of sp³-hybridized carbons (Fsp3) is 0.208. The summed E-state index contributed by atoms with van der Waals surface area (Å²) in [7, 11) is 1.54. The highest BCUT2D eigenvalue weighted by atomic mass is 32.1. The molecule has 2 aromatic carbocycles. The van der Waals surface area contributed by atoms with Crippen LogP contribution in [0.5, 0.6) is 5.75 Å². The average Bonchev–Trinajstić information content (AvgIpc) is 3.12. The van der Waals surface area contributed by atoms with Gasteiger partial charge in [-0.25, -0.2) is 9.79 Å². The summed E-state index contributed by atoms with van der Waals surface area (Å²) < 4.78 is 12.4. The molecule has 0 saturated carbocycles. The van der Waals surface area contributed by atoms with Crippen molar-refractivity contribution in [1.82, 2.24) is 4.57 Å². The summed E-state index contributed by atoms with van der Waals surface area (Å²) in [6.07, 6.45) is 1.59. The van der Waals surface area contributed by atoms with Crippen LogP contribution in [0, 0.1) is 10.1 Å². The fourth-order valence-electron chi connectivity index (χ4n) is 3.80. The first kappa shape index (κ1) is 23.1. The maximum absolute atomic E-state index is 13.5. The number of carbonyl (C=O) groups excluding carboxylic acids is 1. The zero-order valence-corrected chi connectivity index (χ0v) is 19.5. The van der Waals surface area contributed by atoms with Gasteiger partial charge >= 0.3 is 5.97 Å². The molecule has 0 unspecified atom stereocenters. The molecule has 0 fully saturated rings. The van der Waals surface area contributed by atoms with Gasteiger partial charge in [0, 0.05) is 12.1 Å². The van der Waals surface area contributed by atoms with E-state index in [0.717, 1.165) is 11.3 Å².